The average Bonchev–Trinajstić information content (AvgIpc) is 2.66. The Balaban J connectivity index is 4.02. The lowest BCUT2D eigenvalue weighted by Gasteiger charge is -2.31. The lowest BCUT2D eigenvalue weighted by atomic mass is 10.3. The number of hydrogen-bond acceptors (Lipinski definition) is 9. The molecule has 0 bridgehead atoms. The van der Waals surface area contributed by atoms with Gasteiger partial charge >= 0.3 is 0 Å². The Bertz CT molecular complexity index is 386. The fourth-order valence-corrected chi connectivity index (χ4v) is 4.58. The third kappa shape index (κ3) is 22.0. The zero-order chi connectivity index (χ0) is 22.7. The summed E-state index contributed by atoms with van der Waals surface area (Å²) in [5.74, 6) is 0.730. The standard InChI is InChI=1S/C21H45NO5S3/c1-19(2)22-8-10-24-12-11-23-9-7-21(6,30-29-20(3,4)5)27-16-15-25-13-14-26-17-18-28/h19,22,28H,7-18H2,1-6H3. The molecule has 182 valence electrons. The molecule has 0 fully saturated rings. The summed E-state index contributed by atoms with van der Waals surface area (Å²) in [6.07, 6.45) is 0.806. The predicted octanol–water partition coefficient (Wildman–Crippen LogP) is 4.28. The Kier molecular flexibility index (Phi) is 19.8. The summed E-state index contributed by atoms with van der Waals surface area (Å²) in [5, 5.41) is 3.33. The third-order valence-electron chi connectivity index (χ3n) is 3.58. The molecule has 0 aromatic carbocycles. The molecule has 0 aliphatic heterocycles. The number of rotatable bonds is 21. The summed E-state index contributed by atoms with van der Waals surface area (Å²) in [6.45, 7) is 19.4. The number of thiol groups is 1. The highest BCUT2D eigenvalue weighted by atomic mass is 33.1. The van der Waals surface area contributed by atoms with Crippen LogP contribution in [0.4, 0.5) is 0 Å². The topological polar surface area (TPSA) is 58.2 Å². The molecule has 0 aliphatic carbocycles. The highest BCUT2D eigenvalue weighted by Crippen LogP contribution is 2.45. The van der Waals surface area contributed by atoms with E-state index in [2.05, 4.69) is 59.5 Å². The summed E-state index contributed by atoms with van der Waals surface area (Å²) < 4.78 is 28.6. The Morgan fingerprint density at radius 3 is 1.83 bits per heavy atom. The fourth-order valence-electron chi connectivity index (χ4n) is 2.05. The van der Waals surface area contributed by atoms with Crippen molar-refractivity contribution in [1.29, 1.82) is 0 Å². The molecule has 0 radical (unpaired) electrons. The fraction of sp³-hybridized carbons (Fsp3) is 1.00. The van der Waals surface area contributed by atoms with Gasteiger partial charge < -0.3 is 29.0 Å². The molecule has 0 heterocycles. The van der Waals surface area contributed by atoms with Gasteiger partial charge in [0.15, 0.2) is 0 Å². The van der Waals surface area contributed by atoms with E-state index in [4.69, 9.17) is 23.7 Å². The highest BCUT2D eigenvalue weighted by Gasteiger charge is 2.29. The molecular formula is C21H45NO5S3. The van der Waals surface area contributed by atoms with E-state index in [1.54, 1.807) is 10.8 Å². The van der Waals surface area contributed by atoms with Crippen LogP contribution in [0.25, 0.3) is 0 Å². The zero-order valence-corrected chi connectivity index (χ0v) is 22.4. The van der Waals surface area contributed by atoms with Crippen molar-refractivity contribution in [2.75, 3.05) is 71.8 Å². The maximum absolute atomic E-state index is 6.18. The number of hydrogen-bond donors (Lipinski definition) is 2. The maximum atomic E-state index is 6.18. The summed E-state index contributed by atoms with van der Waals surface area (Å²) in [4.78, 5) is -0.328. The van der Waals surface area contributed by atoms with Crippen molar-refractivity contribution >= 4 is 34.2 Å². The second-order valence-electron chi connectivity index (χ2n) is 8.29. The molecule has 0 amide bonds. The van der Waals surface area contributed by atoms with Crippen LogP contribution in [0.3, 0.4) is 0 Å². The minimum Gasteiger partial charge on any atom is -0.379 e. The smallest absolute Gasteiger partial charge is 0.123 e. The van der Waals surface area contributed by atoms with Gasteiger partial charge in [-0.2, -0.15) is 12.6 Å². The number of ether oxygens (including phenoxy) is 5. The van der Waals surface area contributed by atoms with Crippen LogP contribution in [0.15, 0.2) is 0 Å². The summed E-state index contributed by atoms with van der Waals surface area (Å²) in [7, 11) is 3.60. The largest absolute Gasteiger partial charge is 0.379 e. The average molecular weight is 488 g/mol. The molecule has 1 N–H and O–H groups in total. The van der Waals surface area contributed by atoms with Gasteiger partial charge in [0, 0.05) is 29.5 Å². The van der Waals surface area contributed by atoms with Gasteiger partial charge in [-0.3, -0.25) is 0 Å². The lowest BCUT2D eigenvalue weighted by molar-refractivity contribution is -0.0325. The van der Waals surface area contributed by atoms with E-state index >= 15 is 0 Å². The van der Waals surface area contributed by atoms with Gasteiger partial charge in [-0.15, -0.1) is 0 Å². The van der Waals surface area contributed by atoms with E-state index in [9.17, 15) is 0 Å². The minimum atomic E-state index is -0.328. The summed E-state index contributed by atoms with van der Waals surface area (Å²) in [5.41, 5.74) is 0. The first-order valence-electron chi connectivity index (χ1n) is 10.8. The monoisotopic (exact) mass is 487 g/mol. The molecule has 0 spiro atoms. The van der Waals surface area contributed by atoms with Crippen molar-refractivity contribution in [1.82, 2.24) is 5.32 Å². The molecule has 1 atom stereocenters. The molecule has 0 saturated carbocycles. The molecule has 0 aromatic rings. The van der Waals surface area contributed by atoms with Crippen LogP contribution in [0, 0.1) is 0 Å². The minimum absolute atomic E-state index is 0.162. The molecule has 0 aromatic heterocycles. The quantitative estimate of drug-likeness (QED) is 0.108. The van der Waals surface area contributed by atoms with E-state index in [-0.39, 0.29) is 9.68 Å². The number of nitrogens with one attached hydrogen (secondary N) is 1. The molecule has 6 nitrogen and oxygen atoms in total. The van der Waals surface area contributed by atoms with Crippen molar-refractivity contribution in [2.24, 2.45) is 0 Å². The van der Waals surface area contributed by atoms with Gasteiger partial charge in [0.1, 0.15) is 4.93 Å². The normalized spacial score (nSPS) is 14.4. The first kappa shape index (κ1) is 30.8. The second kappa shape index (κ2) is 19.3. The third-order valence-corrected chi connectivity index (χ3v) is 7.83. The molecule has 30 heavy (non-hydrogen) atoms. The summed E-state index contributed by atoms with van der Waals surface area (Å²) >= 11 is 4.11. The van der Waals surface area contributed by atoms with Gasteiger partial charge in [-0.25, -0.2) is 0 Å². The van der Waals surface area contributed by atoms with Gasteiger partial charge in [0.2, 0.25) is 0 Å². The van der Waals surface area contributed by atoms with Crippen LogP contribution in [0.1, 0.15) is 48.0 Å². The van der Waals surface area contributed by atoms with Crippen LogP contribution < -0.4 is 5.32 Å². The molecule has 0 rings (SSSR count). The van der Waals surface area contributed by atoms with Crippen molar-refractivity contribution in [3.8, 4) is 0 Å². The molecule has 0 saturated heterocycles. The van der Waals surface area contributed by atoms with Crippen LogP contribution in [-0.2, 0) is 23.7 Å². The second-order valence-corrected chi connectivity index (χ2v) is 12.2. The van der Waals surface area contributed by atoms with Crippen LogP contribution in [0.2, 0.25) is 0 Å². The highest BCUT2D eigenvalue weighted by molar-refractivity contribution is 8.77. The Labute approximate surface area is 198 Å². The Morgan fingerprint density at radius 1 is 0.733 bits per heavy atom. The van der Waals surface area contributed by atoms with Crippen molar-refractivity contribution in [3.05, 3.63) is 0 Å². The van der Waals surface area contributed by atoms with E-state index < -0.39 is 0 Å². The summed E-state index contributed by atoms with van der Waals surface area (Å²) in [6, 6.07) is 0.489. The first-order chi connectivity index (χ1) is 14.2. The van der Waals surface area contributed by atoms with E-state index in [1.165, 1.54) is 0 Å². The van der Waals surface area contributed by atoms with Gasteiger partial charge in [0.05, 0.1) is 59.5 Å². The van der Waals surface area contributed by atoms with Crippen LogP contribution in [0.5, 0.6) is 0 Å². The zero-order valence-electron chi connectivity index (χ0n) is 19.9. The van der Waals surface area contributed by atoms with Crippen LogP contribution >= 0.6 is 34.2 Å². The van der Waals surface area contributed by atoms with Gasteiger partial charge in [0.25, 0.3) is 0 Å². The SMILES string of the molecule is CC(C)NCCOCCOCCC(C)(OCCOCCOCCS)SSC(C)(C)C. The molecule has 1 unspecified atom stereocenters. The van der Waals surface area contributed by atoms with Crippen molar-refractivity contribution in [2.45, 2.75) is 63.7 Å². The lowest BCUT2D eigenvalue weighted by Crippen LogP contribution is -2.29. The first-order valence-corrected chi connectivity index (χ1v) is 13.6. The molecule has 9 heteroatoms. The van der Waals surface area contributed by atoms with Crippen LogP contribution in [-0.4, -0.2) is 87.5 Å². The van der Waals surface area contributed by atoms with E-state index in [0.717, 1.165) is 18.7 Å². The Morgan fingerprint density at radius 2 is 1.27 bits per heavy atom. The van der Waals surface area contributed by atoms with E-state index in [0.29, 0.717) is 65.5 Å². The predicted molar refractivity (Wildman–Crippen MR) is 134 cm³/mol. The van der Waals surface area contributed by atoms with Crippen molar-refractivity contribution < 1.29 is 23.7 Å². The maximum Gasteiger partial charge on any atom is 0.123 e. The van der Waals surface area contributed by atoms with E-state index in [1.807, 2.05) is 10.8 Å². The Hall–Kier alpha value is 0.810. The molecule has 0 aliphatic rings. The van der Waals surface area contributed by atoms with Gasteiger partial charge in [-0.05, 0) is 6.92 Å². The molecular weight excluding hydrogens is 442 g/mol. The van der Waals surface area contributed by atoms with Gasteiger partial charge in [-0.1, -0.05) is 56.2 Å². The van der Waals surface area contributed by atoms with Crippen molar-refractivity contribution in [3.63, 3.8) is 0 Å².